The van der Waals surface area contributed by atoms with Gasteiger partial charge in [0.25, 0.3) is 0 Å². The molecule has 132 valence electrons. The van der Waals surface area contributed by atoms with E-state index in [1.807, 2.05) is 65.7 Å². The Morgan fingerprint density at radius 1 is 1.24 bits per heavy atom. The van der Waals surface area contributed by atoms with E-state index in [2.05, 4.69) is 15.4 Å². The van der Waals surface area contributed by atoms with E-state index < -0.39 is 0 Å². The van der Waals surface area contributed by atoms with Gasteiger partial charge in [-0.1, -0.05) is 20.8 Å². The highest BCUT2D eigenvalue weighted by Gasteiger charge is 2.26. The number of aryl methyl sites for hydroxylation is 2. The maximum Gasteiger partial charge on any atom is 0.218 e. The van der Waals surface area contributed by atoms with Crippen molar-refractivity contribution in [2.45, 2.75) is 40.0 Å². The summed E-state index contributed by atoms with van der Waals surface area (Å²) in [4.78, 5) is 6.36. The number of hydrogen-bond acceptors (Lipinski definition) is 5. The molecule has 1 heterocycles. The number of hydrogen-bond donors (Lipinski definition) is 0. The zero-order valence-electron chi connectivity index (χ0n) is 15.8. The lowest BCUT2D eigenvalue weighted by Crippen LogP contribution is -2.13. The van der Waals surface area contributed by atoms with Crippen LogP contribution in [0.1, 0.15) is 43.2 Å². The zero-order chi connectivity index (χ0) is 18.8. The van der Waals surface area contributed by atoms with Crippen molar-refractivity contribution in [1.29, 1.82) is 5.26 Å². The van der Waals surface area contributed by atoms with Crippen LogP contribution in [0.2, 0.25) is 0 Å². The van der Waals surface area contributed by atoms with E-state index in [9.17, 15) is 5.26 Å². The van der Waals surface area contributed by atoms with Crippen LogP contribution in [0.4, 0.5) is 5.69 Å². The van der Waals surface area contributed by atoms with Crippen molar-refractivity contribution in [3.63, 3.8) is 0 Å². The molecule has 0 aliphatic rings. The van der Waals surface area contributed by atoms with Gasteiger partial charge in [-0.3, -0.25) is 0 Å². The second-order valence-electron chi connectivity index (χ2n) is 7.27. The first-order valence-electron chi connectivity index (χ1n) is 8.03. The second kappa shape index (κ2) is 7.24. The van der Waals surface area contributed by atoms with E-state index in [1.165, 1.54) is 11.5 Å². The minimum absolute atomic E-state index is 0.196. The number of nitriles is 1. The summed E-state index contributed by atoms with van der Waals surface area (Å²) < 4.78 is 10.5. The summed E-state index contributed by atoms with van der Waals surface area (Å²) in [6.45, 7) is 10.1. The Morgan fingerprint density at radius 3 is 2.48 bits per heavy atom. The zero-order valence-corrected chi connectivity index (χ0v) is 16.7. The lowest BCUT2D eigenvalue weighted by atomic mass is 9.90. The van der Waals surface area contributed by atoms with Crippen LogP contribution < -0.4 is 4.74 Å². The fourth-order valence-electron chi connectivity index (χ4n) is 2.26. The van der Waals surface area contributed by atoms with Gasteiger partial charge >= 0.3 is 0 Å². The molecule has 0 N–H and O–H groups in total. The highest BCUT2D eigenvalue weighted by molar-refractivity contribution is 7.08. The predicted molar refractivity (Wildman–Crippen MR) is 103 cm³/mol. The maximum atomic E-state index is 9.53. The first-order chi connectivity index (χ1) is 11.6. The van der Waals surface area contributed by atoms with Crippen LogP contribution in [0.25, 0.3) is 0 Å². The number of aromatic nitrogens is 1. The third-order valence-electron chi connectivity index (χ3n) is 3.61. The molecule has 0 amide bonds. The number of benzene rings is 1. The second-order valence-corrected chi connectivity index (χ2v) is 8.01. The molecule has 0 saturated carbocycles. The molecule has 5 nitrogen and oxygen atoms in total. The van der Waals surface area contributed by atoms with Gasteiger partial charge in [-0.05, 0) is 37.1 Å². The summed E-state index contributed by atoms with van der Waals surface area (Å²) in [5.41, 5.74) is 3.97. The molecule has 2 rings (SSSR count). The summed E-state index contributed by atoms with van der Waals surface area (Å²) in [6.07, 6.45) is 1.77. The van der Waals surface area contributed by atoms with Crippen molar-refractivity contribution in [2.75, 3.05) is 14.1 Å². The van der Waals surface area contributed by atoms with Gasteiger partial charge in [-0.25, -0.2) is 4.99 Å². The first-order valence-corrected chi connectivity index (χ1v) is 8.80. The summed E-state index contributed by atoms with van der Waals surface area (Å²) in [5, 5.41) is 10.1. The van der Waals surface area contributed by atoms with Crippen molar-refractivity contribution in [3.05, 3.63) is 34.5 Å². The van der Waals surface area contributed by atoms with Gasteiger partial charge in [0.2, 0.25) is 5.06 Å². The SMILES string of the molecule is Cc1cc(Oc2snc(C(C)(C)C)c2C#N)c(C)cc1N=CN(C)C. The monoisotopic (exact) mass is 356 g/mol. The standard InChI is InChI=1S/C19H24N4OS/c1-12-9-16(13(2)8-15(12)21-11-23(6)7)24-18-14(10-20)17(22-25-18)19(3,4)5/h8-9,11H,1-7H3. The van der Waals surface area contributed by atoms with Crippen LogP contribution in [0, 0.1) is 25.2 Å². The van der Waals surface area contributed by atoms with Crippen molar-refractivity contribution in [2.24, 2.45) is 4.99 Å². The Bertz CT molecular complexity index is 838. The molecule has 0 fully saturated rings. The van der Waals surface area contributed by atoms with E-state index in [0.717, 1.165) is 28.3 Å². The highest BCUT2D eigenvalue weighted by Crippen LogP contribution is 2.38. The Morgan fingerprint density at radius 2 is 1.92 bits per heavy atom. The molecule has 0 aliphatic heterocycles. The average Bonchev–Trinajstić information content (AvgIpc) is 2.92. The molecule has 0 unspecified atom stereocenters. The molecular formula is C19H24N4OS. The molecule has 0 radical (unpaired) electrons. The fraction of sp³-hybridized carbons (Fsp3) is 0.421. The molecular weight excluding hydrogens is 332 g/mol. The number of aliphatic imine (C=N–C) groups is 1. The van der Waals surface area contributed by atoms with E-state index in [1.54, 1.807) is 6.34 Å². The normalized spacial score (nSPS) is 11.6. The van der Waals surface area contributed by atoms with Crippen LogP contribution >= 0.6 is 11.5 Å². The van der Waals surface area contributed by atoms with Crippen LogP contribution in [-0.2, 0) is 5.41 Å². The smallest absolute Gasteiger partial charge is 0.218 e. The largest absolute Gasteiger partial charge is 0.443 e. The topological polar surface area (TPSA) is 61.5 Å². The number of nitrogens with zero attached hydrogens (tertiary/aromatic N) is 4. The molecule has 1 aromatic carbocycles. The third-order valence-corrected chi connectivity index (χ3v) is 4.33. The Kier molecular flexibility index (Phi) is 5.48. The third kappa shape index (κ3) is 4.37. The van der Waals surface area contributed by atoms with Gasteiger partial charge in [0, 0.05) is 31.0 Å². The van der Waals surface area contributed by atoms with Gasteiger partial charge in [0.05, 0.1) is 17.7 Å². The van der Waals surface area contributed by atoms with E-state index in [-0.39, 0.29) is 5.41 Å². The highest BCUT2D eigenvalue weighted by atomic mass is 32.1. The molecule has 25 heavy (non-hydrogen) atoms. The summed E-state index contributed by atoms with van der Waals surface area (Å²) in [5.74, 6) is 0.724. The average molecular weight is 356 g/mol. The summed E-state index contributed by atoms with van der Waals surface area (Å²) >= 11 is 1.22. The Labute approximate surface area is 153 Å². The minimum atomic E-state index is -0.196. The number of rotatable bonds is 4. The van der Waals surface area contributed by atoms with Gasteiger partial charge in [0.15, 0.2) is 0 Å². The van der Waals surface area contributed by atoms with E-state index in [4.69, 9.17) is 4.74 Å². The quantitative estimate of drug-likeness (QED) is 0.575. The minimum Gasteiger partial charge on any atom is -0.443 e. The Hall–Kier alpha value is -2.39. The molecule has 2 aromatic rings. The van der Waals surface area contributed by atoms with Crippen LogP contribution in [0.15, 0.2) is 17.1 Å². The lowest BCUT2D eigenvalue weighted by Gasteiger charge is -2.15. The first kappa shape index (κ1) is 18.9. The molecule has 1 aromatic heterocycles. The predicted octanol–water partition coefficient (Wildman–Crippen LogP) is 4.94. The molecule has 0 spiro atoms. The van der Waals surface area contributed by atoms with Gasteiger partial charge in [0.1, 0.15) is 17.4 Å². The van der Waals surface area contributed by atoms with Crippen LogP contribution in [0.5, 0.6) is 10.8 Å². The fourth-order valence-corrected chi connectivity index (χ4v) is 3.16. The van der Waals surface area contributed by atoms with Crippen molar-refractivity contribution in [1.82, 2.24) is 9.27 Å². The van der Waals surface area contributed by atoms with E-state index >= 15 is 0 Å². The lowest BCUT2D eigenvalue weighted by molar-refractivity contribution is 0.487. The summed E-state index contributed by atoms with van der Waals surface area (Å²) in [6, 6.07) is 6.19. The molecule has 0 bridgehead atoms. The van der Waals surface area contributed by atoms with Crippen molar-refractivity contribution >= 4 is 23.6 Å². The van der Waals surface area contributed by atoms with Crippen LogP contribution in [0.3, 0.4) is 0 Å². The van der Waals surface area contributed by atoms with Crippen molar-refractivity contribution < 1.29 is 4.74 Å². The molecule has 0 atom stereocenters. The maximum absolute atomic E-state index is 9.53. The number of ether oxygens (including phenoxy) is 1. The van der Waals surface area contributed by atoms with Gasteiger partial charge < -0.3 is 9.64 Å². The van der Waals surface area contributed by atoms with Crippen LogP contribution in [-0.4, -0.2) is 29.7 Å². The molecule has 0 saturated heterocycles. The van der Waals surface area contributed by atoms with Crippen molar-refractivity contribution in [3.8, 4) is 16.9 Å². The summed E-state index contributed by atoms with van der Waals surface area (Å²) in [7, 11) is 3.87. The van der Waals surface area contributed by atoms with Gasteiger partial charge in [-0.2, -0.15) is 9.64 Å². The molecule has 6 heteroatoms. The Balaban J connectivity index is 2.38. The molecule has 0 aliphatic carbocycles. The van der Waals surface area contributed by atoms with E-state index in [0.29, 0.717) is 10.6 Å². The van der Waals surface area contributed by atoms with Gasteiger partial charge in [-0.15, -0.1) is 0 Å².